The quantitative estimate of drug-likeness (QED) is 0.668. The molecule has 1 aromatic carbocycles. The van der Waals surface area contributed by atoms with Gasteiger partial charge in [0.15, 0.2) is 4.98 Å². The molecular weight excluding hydrogens is 166 g/mol. The SMILES string of the molecule is CC(=O)Nc1cccc([N+]#N)c1C. The number of nitrogens with one attached hydrogen (secondary N) is 1. The lowest BCUT2D eigenvalue weighted by Crippen LogP contribution is -2.06. The lowest BCUT2D eigenvalue weighted by molar-refractivity contribution is -0.114. The summed E-state index contributed by atoms with van der Waals surface area (Å²) in [5.74, 6) is -0.141. The van der Waals surface area contributed by atoms with Crippen molar-refractivity contribution in [1.82, 2.24) is 0 Å². The number of hydrogen-bond acceptors (Lipinski definition) is 2. The third kappa shape index (κ3) is 2.03. The Kier molecular flexibility index (Phi) is 2.60. The second-order valence-corrected chi connectivity index (χ2v) is 2.73. The van der Waals surface area contributed by atoms with E-state index in [1.165, 1.54) is 6.92 Å². The fourth-order valence-corrected chi connectivity index (χ4v) is 1.06. The second kappa shape index (κ2) is 3.68. The summed E-state index contributed by atoms with van der Waals surface area (Å²) in [5, 5.41) is 11.2. The predicted molar refractivity (Wildman–Crippen MR) is 50.2 cm³/mol. The minimum atomic E-state index is -0.141. The molecule has 0 aliphatic carbocycles. The smallest absolute Gasteiger partial charge is 0.326 e. The number of diazo groups is 1. The maximum absolute atomic E-state index is 10.8. The molecule has 0 aromatic heterocycles. The fraction of sp³-hybridized carbons (Fsp3) is 0.222. The average molecular weight is 176 g/mol. The minimum Gasteiger partial charge on any atom is -0.326 e. The first kappa shape index (κ1) is 9.20. The van der Waals surface area contributed by atoms with E-state index in [0.717, 1.165) is 5.56 Å². The van der Waals surface area contributed by atoms with Crippen molar-refractivity contribution in [3.8, 4) is 0 Å². The molecule has 4 nitrogen and oxygen atoms in total. The highest BCUT2D eigenvalue weighted by Crippen LogP contribution is 2.25. The number of carbonyl (C=O) groups is 1. The van der Waals surface area contributed by atoms with Gasteiger partial charge in [-0.05, 0) is 13.0 Å². The highest BCUT2D eigenvalue weighted by molar-refractivity contribution is 5.90. The number of rotatable bonds is 1. The van der Waals surface area contributed by atoms with E-state index in [9.17, 15) is 4.79 Å². The van der Waals surface area contributed by atoms with Crippen LogP contribution in [0, 0.1) is 12.3 Å². The van der Waals surface area contributed by atoms with E-state index in [-0.39, 0.29) is 5.91 Å². The van der Waals surface area contributed by atoms with Crippen LogP contribution in [-0.2, 0) is 4.79 Å². The van der Waals surface area contributed by atoms with Gasteiger partial charge in [-0.15, -0.1) is 0 Å². The first-order chi connectivity index (χ1) is 6.15. The van der Waals surface area contributed by atoms with E-state index >= 15 is 0 Å². The lowest BCUT2D eigenvalue weighted by atomic mass is 10.1. The van der Waals surface area contributed by atoms with Gasteiger partial charge in [-0.25, -0.2) is 0 Å². The number of amides is 1. The monoisotopic (exact) mass is 176 g/mol. The van der Waals surface area contributed by atoms with Gasteiger partial charge >= 0.3 is 5.69 Å². The van der Waals surface area contributed by atoms with E-state index < -0.39 is 0 Å². The molecule has 0 saturated carbocycles. The second-order valence-electron chi connectivity index (χ2n) is 2.73. The Hall–Kier alpha value is -1.89. The number of nitrogens with zero attached hydrogens (tertiary/aromatic N) is 2. The zero-order valence-corrected chi connectivity index (χ0v) is 7.53. The maximum atomic E-state index is 10.8. The Morgan fingerprint density at radius 1 is 1.54 bits per heavy atom. The standard InChI is InChI=1S/C9H9N3O/c1-6-8(11-7(2)13)4-3-5-9(6)12-10/h3-5H,1-2H3/p+1. The zero-order valence-electron chi connectivity index (χ0n) is 7.53. The van der Waals surface area contributed by atoms with Crippen LogP contribution in [0.3, 0.4) is 0 Å². The van der Waals surface area contributed by atoms with Gasteiger partial charge in [0.2, 0.25) is 11.3 Å². The van der Waals surface area contributed by atoms with Crippen LogP contribution in [0.25, 0.3) is 4.98 Å². The normalized spacial score (nSPS) is 9.00. The van der Waals surface area contributed by atoms with Crippen LogP contribution >= 0.6 is 0 Å². The van der Waals surface area contributed by atoms with Gasteiger partial charge in [0.1, 0.15) is 0 Å². The molecule has 1 aromatic rings. The van der Waals surface area contributed by atoms with Crippen LogP contribution in [0.2, 0.25) is 0 Å². The Morgan fingerprint density at radius 3 is 2.77 bits per heavy atom. The predicted octanol–water partition coefficient (Wildman–Crippen LogP) is 2.44. The Morgan fingerprint density at radius 2 is 2.23 bits per heavy atom. The molecule has 66 valence electrons. The van der Waals surface area contributed by atoms with E-state index in [1.54, 1.807) is 25.1 Å². The van der Waals surface area contributed by atoms with Crippen LogP contribution < -0.4 is 5.32 Å². The van der Waals surface area contributed by atoms with E-state index in [4.69, 9.17) is 5.39 Å². The molecule has 0 fully saturated rings. The van der Waals surface area contributed by atoms with Gasteiger partial charge in [-0.3, -0.25) is 4.79 Å². The van der Waals surface area contributed by atoms with Crippen molar-refractivity contribution >= 4 is 17.3 Å². The van der Waals surface area contributed by atoms with Gasteiger partial charge in [-0.1, -0.05) is 6.07 Å². The van der Waals surface area contributed by atoms with Crippen LogP contribution in [0.4, 0.5) is 11.4 Å². The highest BCUT2D eigenvalue weighted by atomic mass is 16.1. The van der Waals surface area contributed by atoms with Crippen LogP contribution in [0.1, 0.15) is 12.5 Å². The summed E-state index contributed by atoms with van der Waals surface area (Å²) in [6, 6.07) is 5.14. The number of carbonyl (C=O) groups excluding carboxylic acids is 1. The molecule has 1 amide bonds. The molecule has 13 heavy (non-hydrogen) atoms. The molecule has 0 heterocycles. The average Bonchev–Trinajstić information content (AvgIpc) is 2.08. The summed E-state index contributed by atoms with van der Waals surface area (Å²) < 4.78 is 0. The summed E-state index contributed by atoms with van der Waals surface area (Å²) in [6.07, 6.45) is 0. The van der Waals surface area contributed by atoms with Crippen molar-refractivity contribution in [2.75, 3.05) is 5.32 Å². The molecule has 0 bridgehead atoms. The van der Waals surface area contributed by atoms with Crippen molar-refractivity contribution in [3.05, 3.63) is 28.7 Å². The molecule has 0 spiro atoms. The largest absolute Gasteiger partial charge is 0.389 e. The van der Waals surface area contributed by atoms with Crippen LogP contribution in [0.5, 0.6) is 0 Å². The Labute approximate surface area is 76.2 Å². The van der Waals surface area contributed by atoms with Gasteiger partial charge in [-0.2, -0.15) is 0 Å². The molecule has 0 saturated heterocycles. The summed E-state index contributed by atoms with van der Waals surface area (Å²) in [5.41, 5.74) is 1.88. The molecule has 0 radical (unpaired) electrons. The van der Waals surface area contributed by atoms with Gasteiger partial charge < -0.3 is 5.32 Å². The molecule has 1 N–H and O–H groups in total. The van der Waals surface area contributed by atoms with Gasteiger partial charge in [0.25, 0.3) is 0 Å². The molecule has 1 rings (SSSR count). The van der Waals surface area contributed by atoms with Crippen molar-refractivity contribution < 1.29 is 4.79 Å². The highest BCUT2D eigenvalue weighted by Gasteiger charge is 2.12. The first-order valence-corrected chi connectivity index (χ1v) is 3.87. The number of hydrogen-bond donors (Lipinski definition) is 1. The third-order valence-corrected chi connectivity index (χ3v) is 1.72. The first-order valence-electron chi connectivity index (χ1n) is 3.87. The number of anilines is 1. The third-order valence-electron chi connectivity index (χ3n) is 1.72. The number of benzene rings is 1. The molecule has 0 aliphatic rings. The van der Waals surface area contributed by atoms with Crippen LogP contribution in [0.15, 0.2) is 18.2 Å². The van der Waals surface area contributed by atoms with Crippen LogP contribution in [-0.4, -0.2) is 5.91 Å². The Balaban J connectivity index is 3.10. The molecule has 0 unspecified atom stereocenters. The fourth-order valence-electron chi connectivity index (χ4n) is 1.06. The topological polar surface area (TPSA) is 57.2 Å². The van der Waals surface area contributed by atoms with E-state index in [2.05, 4.69) is 10.3 Å². The van der Waals surface area contributed by atoms with Crippen molar-refractivity contribution in [3.63, 3.8) is 0 Å². The van der Waals surface area contributed by atoms with Crippen molar-refractivity contribution in [1.29, 1.82) is 5.39 Å². The van der Waals surface area contributed by atoms with E-state index in [1.807, 2.05) is 0 Å². The lowest BCUT2D eigenvalue weighted by Gasteiger charge is -2.02. The zero-order chi connectivity index (χ0) is 9.84. The van der Waals surface area contributed by atoms with Gasteiger partial charge in [0.05, 0.1) is 11.3 Å². The van der Waals surface area contributed by atoms with E-state index in [0.29, 0.717) is 11.4 Å². The molecule has 0 atom stereocenters. The summed E-state index contributed by atoms with van der Waals surface area (Å²) in [6.45, 7) is 3.21. The summed E-state index contributed by atoms with van der Waals surface area (Å²) >= 11 is 0. The van der Waals surface area contributed by atoms with Gasteiger partial charge in [0, 0.05) is 13.0 Å². The molecule has 0 aliphatic heterocycles. The summed E-state index contributed by atoms with van der Waals surface area (Å²) in [7, 11) is 0. The van der Waals surface area contributed by atoms with Crippen molar-refractivity contribution in [2.24, 2.45) is 0 Å². The molecular formula is C9H10N3O+. The van der Waals surface area contributed by atoms with Crippen molar-refractivity contribution in [2.45, 2.75) is 13.8 Å². The Bertz CT molecular complexity index is 379. The molecule has 4 heteroatoms. The maximum Gasteiger partial charge on any atom is 0.389 e. The summed E-state index contributed by atoms with van der Waals surface area (Å²) in [4.78, 5) is 13.8. The minimum absolute atomic E-state index is 0.141.